The Morgan fingerprint density at radius 3 is 2.59 bits per heavy atom. The van der Waals surface area contributed by atoms with E-state index in [1.54, 1.807) is 23.5 Å². The molecule has 5 unspecified atom stereocenters. The second-order valence-corrected chi connectivity index (χ2v) is 8.67. The van der Waals surface area contributed by atoms with Crippen molar-refractivity contribution in [2.45, 2.75) is 45.2 Å². The molecule has 5 atom stereocenters. The zero-order chi connectivity index (χ0) is 18.4. The van der Waals surface area contributed by atoms with Gasteiger partial charge in [0.2, 0.25) is 5.91 Å². The fourth-order valence-corrected chi connectivity index (χ4v) is 5.70. The maximum atomic E-state index is 13.1. The lowest BCUT2D eigenvalue weighted by atomic mass is 9.84. The van der Waals surface area contributed by atoms with Gasteiger partial charge >= 0.3 is 0 Å². The molecule has 1 amide bonds. The lowest BCUT2D eigenvalue weighted by Crippen LogP contribution is -2.45. The molecule has 1 aromatic carbocycles. The van der Waals surface area contributed by atoms with E-state index in [4.69, 9.17) is 5.73 Å². The van der Waals surface area contributed by atoms with Gasteiger partial charge in [0.1, 0.15) is 10.8 Å². The Hall–Kier alpha value is -1.50. The second-order valence-electron chi connectivity index (χ2n) is 7.64. The van der Waals surface area contributed by atoms with Crippen LogP contribution in [0.2, 0.25) is 0 Å². The molecule has 0 radical (unpaired) electrons. The molecule has 2 aromatic rings. The van der Waals surface area contributed by atoms with E-state index in [2.05, 4.69) is 10.3 Å². The fraction of sp³-hybridized carbons (Fsp3) is 0.500. The number of carbonyl (C=O) groups is 1. The summed E-state index contributed by atoms with van der Waals surface area (Å²) in [6.07, 6.45) is 3.39. The average molecular weight is 410 g/mol. The number of carbonyl (C=O) groups excluding carboxylic acids is 1. The molecule has 3 N–H and O–H groups in total. The summed E-state index contributed by atoms with van der Waals surface area (Å²) in [5.41, 5.74) is 8.09. The Labute approximate surface area is 169 Å². The third-order valence-electron chi connectivity index (χ3n) is 5.96. The lowest BCUT2D eigenvalue weighted by Gasteiger charge is -2.28. The van der Waals surface area contributed by atoms with Crippen molar-refractivity contribution in [3.05, 3.63) is 40.7 Å². The number of nitrogens with two attached hydrogens (primary N) is 1. The summed E-state index contributed by atoms with van der Waals surface area (Å²) in [4.78, 5) is 18.5. The van der Waals surface area contributed by atoms with Crippen molar-refractivity contribution in [3.8, 4) is 10.6 Å². The van der Waals surface area contributed by atoms with Gasteiger partial charge in [-0.25, -0.2) is 9.37 Å². The van der Waals surface area contributed by atoms with Crippen molar-refractivity contribution in [3.63, 3.8) is 0 Å². The molecule has 2 saturated carbocycles. The van der Waals surface area contributed by atoms with Gasteiger partial charge in [-0.3, -0.25) is 4.79 Å². The first-order chi connectivity index (χ1) is 12.4. The summed E-state index contributed by atoms with van der Waals surface area (Å²) in [5, 5.41) is 4.00. The van der Waals surface area contributed by atoms with Crippen molar-refractivity contribution in [1.29, 1.82) is 0 Å². The molecule has 1 aromatic heterocycles. The number of thiazole rings is 1. The molecule has 0 aliphatic heterocycles. The predicted molar refractivity (Wildman–Crippen MR) is 108 cm³/mol. The normalized spacial score (nSPS) is 27.3. The Kier molecular flexibility index (Phi) is 5.89. The molecule has 2 aliphatic carbocycles. The molecule has 2 bridgehead atoms. The Bertz CT molecular complexity index is 823. The average Bonchev–Trinajstić information content (AvgIpc) is 3.29. The van der Waals surface area contributed by atoms with E-state index in [-0.39, 0.29) is 42.1 Å². The van der Waals surface area contributed by atoms with E-state index < -0.39 is 0 Å². The molecule has 7 heteroatoms. The maximum Gasteiger partial charge on any atom is 0.225 e. The molecule has 4 nitrogen and oxygen atoms in total. The summed E-state index contributed by atoms with van der Waals surface area (Å²) < 4.78 is 13.1. The van der Waals surface area contributed by atoms with Crippen molar-refractivity contribution < 1.29 is 9.18 Å². The summed E-state index contributed by atoms with van der Waals surface area (Å²) in [5.74, 6) is 0.722. The standard InChI is InChI=1S/C20H24FN3OS.ClH/c1-10(23-19(25)16-13-3-4-14(9-13)17(16)22)18-11(2)24-20(26-18)12-5-7-15(21)8-6-12;/h5-8,10,13-14,16-17H,3-4,9,22H2,1-2H3,(H,23,25);1H. The molecule has 27 heavy (non-hydrogen) atoms. The number of nitrogens with one attached hydrogen (secondary N) is 1. The van der Waals surface area contributed by atoms with Gasteiger partial charge in [0.05, 0.1) is 22.5 Å². The van der Waals surface area contributed by atoms with Gasteiger partial charge < -0.3 is 11.1 Å². The van der Waals surface area contributed by atoms with Crippen molar-refractivity contribution >= 4 is 29.7 Å². The highest BCUT2D eigenvalue weighted by atomic mass is 35.5. The molecule has 0 saturated heterocycles. The molecule has 0 spiro atoms. The summed E-state index contributed by atoms with van der Waals surface area (Å²) >= 11 is 1.55. The first kappa shape index (κ1) is 20.2. The molecular weight excluding hydrogens is 385 g/mol. The number of rotatable bonds is 4. The highest BCUT2D eigenvalue weighted by molar-refractivity contribution is 7.15. The van der Waals surface area contributed by atoms with Crippen LogP contribution in [-0.4, -0.2) is 16.9 Å². The highest BCUT2D eigenvalue weighted by Crippen LogP contribution is 2.47. The molecule has 1 heterocycles. The number of hydrogen-bond acceptors (Lipinski definition) is 4. The minimum Gasteiger partial charge on any atom is -0.348 e. The van der Waals surface area contributed by atoms with Crippen LogP contribution in [0.25, 0.3) is 10.6 Å². The minimum absolute atomic E-state index is 0. The first-order valence-electron chi connectivity index (χ1n) is 9.23. The number of aryl methyl sites for hydroxylation is 1. The summed E-state index contributed by atoms with van der Waals surface area (Å²) in [7, 11) is 0. The Balaban J connectivity index is 0.00000210. The SMILES string of the molecule is Cc1nc(-c2ccc(F)cc2)sc1C(C)NC(=O)C1C2CCC(C2)C1N.Cl. The highest BCUT2D eigenvalue weighted by Gasteiger charge is 2.49. The molecule has 4 rings (SSSR count). The fourth-order valence-electron chi connectivity index (χ4n) is 4.63. The van der Waals surface area contributed by atoms with Gasteiger partial charge in [0.15, 0.2) is 0 Å². The number of hydrogen-bond donors (Lipinski definition) is 2. The number of benzene rings is 1. The topological polar surface area (TPSA) is 68.0 Å². The monoisotopic (exact) mass is 409 g/mol. The van der Waals surface area contributed by atoms with E-state index >= 15 is 0 Å². The zero-order valence-electron chi connectivity index (χ0n) is 15.4. The van der Waals surface area contributed by atoms with Crippen LogP contribution in [0.4, 0.5) is 4.39 Å². The van der Waals surface area contributed by atoms with Crippen molar-refractivity contribution in [1.82, 2.24) is 10.3 Å². The van der Waals surface area contributed by atoms with Crippen LogP contribution in [0.5, 0.6) is 0 Å². The van der Waals surface area contributed by atoms with Gasteiger partial charge in [-0.15, -0.1) is 23.7 Å². The van der Waals surface area contributed by atoms with E-state index in [1.165, 1.54) is 18.6 Å². The van der Waals surface area contributed by atoms with E-state index in [1.807, 2.05) is 13.8 Å². The van der Waals surface area contributed by atoms with E-state index in [0.29, 0.717) is 11.8 Å². The quantitative estimate of drug-likeness (QED) is 0.793. The summed E-state index contributed by atoms with van der Waals surface area (Å²) in [6, 6.07) is 6.23. The number of fused-ring (bicyclic) bond motifs is 2. The summed E-state index contributed by atoms with van der Waals surface area (Å²) in [6.45, 7) is 3.94. The number of amides is 1. The zero-order valence-corrected chi connectivity index (χ0v) is 17.1. The smallest absolute Gasteiger partial charge is 0.225 e. The van der Waals surface area contributed by atoms with Crippen molar-refractivity contribution in [2.24, 2.45) is 23.5 Å². The molecule has 2 fully saturated rings. The van der Waals surface area contributed by atoms with Crippen LogP contribution in [0.1, 0.15) is 42.8 Å². The van der Waals surface area contributed by atoms with Gasteiger partial charge in [0, 0.05) is 11.6 Å². The van der Waals surface area contributed by atoms with Gasteiger partial charge in [0.25, 0.3) is 0 Å². The van der Waals surface area contributed by atoms with Gasteiger partial charge in [-0.1, -0.05) is 0 Å². The second kappa shape index (κ2) is 7.86. The first-order valence-corrected chi connectivity index (χ1v) is 10.0. The maximum absolute atomic E-state index is 13.1. The Morgan fingerprint density at radius 1 is 1.30 bits per heavy atom. The minimum atomic E-state index is -0.259. The number of halogens is 2. The third-order valence-corrected chi connectivity index (χ3v) is 7.35. The molecule has 2 aliphatic rings. The van der Waals surface area contributed by atoms with Gasteiger partial charge in [-0.05, 0) is 69.2 Å². The van der Waals surface area contributed by atoms with Crippen LogP contribution in [0.15, 0.2) is 24.3 Å². The largest absolute Gasteiger partial charge is 0.348 e. The van der Waals surface area contributed by atoms with Crippen LogP contribution >= 0.6 is 23.7 Å². The number of nitrogens with zero attached hydrogens (tertiary/aromatic N) is 1. The van der Waals surface area contributed by atoms with Crippen LogP contribution in [0, 0.1) is 30.5 Å². The van der Waals surface area contributed by atoms with Crippen LogP contribution in [0.3, 0.4) is 0 Å². The lowest BCUT2D eigenvalue weighted by molar-refractivity contribution is -0.127. The number of aromatic nitrogens is 1. The molecule has 146 valence electrons. The molecular formula is C20H25ClFN3OS. The van der Waals surface area contributed by atoms with Crippen LogP contribution in [-0.2, 0) is 4.79 Å². The van der Waals surface area contributed by atoms with Crippen molar-refractivity contribution in [2.75, 3.05) is 0 Å². The van der Waals surface area contributed by atoms with E-state index in [9.17, 15) is 9.18 Å². The predicted octanol–water partition coefficient (Wildman–Crippen LogP) is 4.23. The van der Waals surface area contributed by atoms with E-state index in [0.717, 1.165) is 34.0 Å². The third kappa shape index (κ3) is 3.75. The Morgan fingerprint density at radius 2 is 1.96 bits per heavy atom. The van der Waals surface area contributed by atoms with Crippen LogP contribution < -0.4 is 11.1 Å². The van der Waals surface area contributed by atoms with Gasteiger partial charge in [-0.2, -0.15) is 0 Å².